The van der Waals surface area contributed by atoms with Crippen molar-refractivity contribution >= 4 is 16.7 Å². The highest BCUT2D eigenvalue weighted by Crippen LogP contribution is 2.30. The number of ether oxygens (including phenoxy) is 1. The molecule has 1 fully saturated rings. The van der Waals surface area contributed by atoms with E-state index >= 15 is 0 Å². The van der Waals surface area contributed by atoms with Gasteiger partial charge in [-0.3, -0.25) is 9.78 Å². The van der Waals surface area contributed by atoms with Crippen LogP contribution >= 0.6 is 0 Å². The van der Waals surface area contributed by atoms with Crippen molar-refractivity contribution in [2.24, 2.45) is 0 Å². The molecule has 1 aliphatic heterocycles. The molecule has 0 atom stereocenters. The van der Waals surface area contributed by atoms with E-state index < -0.39 is 0 Å². The number of carbonyl (C=O) groups is 1. The number of benzene rings is 1. The second-order valence-corrected chi connectivity index (χ2v) is 7.41. The van der Waals surface area contributed by atoms with E-state index in [9.17, 15) is 4.79 Å². The monoisotopic (exact) mass is 390 g/mol. The molecule has 2 aromatic heterocycles. The Balaban J connectivity index is 1.50. The molecule has 0 aliphatic carbocycles. The van der Waals surface area contributed by atoms with Crippen molar-refractivity contribution in [3.05, 3.63) is 65.5 Å². The molecule has 0 saturated carbocycles. The lowest BCUT2D eigenvalue weighted by Gasteiger charge is -2.32. The van der Waals surface area contributed by atoms with E-state index in [0.29, 0.717) is 37.9 Å². The van der Waals surface area contributed by atoms with Crippen molar-refractivity contribution in [1.82, 2.24) is 19.9 Å². The fourth-order valence-electron chi connectivity index (χ4n) is 3.99. The van der Waals surface area contributed by atoms with Crippen LogP contribution in [-0.4, -0.2) is 45.5 Å². The van der Waals surface area contributed by atoms with Gasteiger partial charge in [0.2, 0.25) is 0 Å². The number of pyridine rings is 1. The number of rotatable bonds is 5. The summed E-state index contributed by atoms with van der Waals surface area (Å²) in [5.41, 5.74) is 2.66. The Labute approximate surface area is 171 Å². The Morgan fingerprint density at radius 1 is 1.17 bits per heavy atom. The number of fused-ring (bicyclic) bond motifs is 1. The van der Waals surface area contributed by atoms with Crippen molar-refractivity contribution in [3.63, 3.8) is 0 Å². The molecular weight excluding hydrogens is 364 g/mol. The Hall–Kier alpha value is -2.86. The maximum Gasteiger partial charge on any atom is 0.273 e. The van der Waals surface area contributed by atoms with E-state index in [4.69, 9.17) is 9.72 Å². The van der Waals surface area contributed by atoms with Gasteiger partial charge >= 0.3 is 0 Å². The lowest BCUT2D eigenvalue weighted by Crippen LogP contribution is -2.38. The summed E-state index contributed by atoms with van der Waals surface area (Å²) in [6, 6.07) is 9.84. The van der Waals surface area contributed by atoms with Gasteiger partial charge in [0.05, 0.1) is 12.3 Å². The van der Waals surface area contributed by atoms with Crippen LogP contribution in [0, 0.1) is 6.92 Å². The number of aromatic nitrogens is 3. The molecule has 3 heterocycles. The molecule has 1 amide bonds. The number of hydrogen-bond acceptors (Lipinski definition) is 5. The topological polar surface area (TPSA) is 68.2 Å². The smallest absolute Gasteiger partial charge is 0.273 e. The van der Waals surface area contributed by atoms with Crippen LogP contribution in [0.15, 0.2) is 42.7 Å². The van der Waals surface area contributed by atoms with Gasteiger partial charge in [0.1, 0.15) is 11.5 Å². The van der Waals surface area contributed by atoms with E-state index in [1.165, 1.54) is 0 Å². The Bertz CT molecular complexity index is 1010. The fraction of sp³-hybridized carbons (Fsp3) is 0.391. The molecule has 1 saturated heterocycles. The first-order valence-corrected chi connectivity index (χ1v) is 10.2. The van der Waals surface area contributed by atoms with Crippen molar-refractivity contribution in [3.8, 4) is 0 Å². The highest BCUT2D eigenvalue weighted by molar-refractivity contribution is 6.05. The second kappa shape index (κ2) is 8.66. The molecule has 0 radical (unpaired) electrons. The first-order chi connectivity index (χ1) is 14.2. The standard InChI is InChI=1S/C23H26N4O2/c1-3-29-15-19-14-25-16(2)26-21(19)18-9-12-27(13-10-18)23(28)22-20-7-5-4-6-17(20)8-11-24-22/h4-8,11,14,18H,3,9-10,12-13,15H2,1-2H3. The van der Waals surface area contributed by atoms with Crippen molar-refractivity contribution in [2.75, 3.05) is 19.7 Å². The Kier molecular flexibility index (Phi) is 5.81. The molecule has 0 bridgehead atoms. The van der Waals surface area contributed by atoms with Gasteiger partial charge in [0, 0.05) is 49.0 Å². The van der Waals surface area contributed by atoms with Crippen LogP contribution in [0.25, 0.3) is 10.8 Å². The van der Waals surface area contributed by atoms with Crippen LogP contribution in [0.3, 0.4) is 0 Å². The van der Waals surface area contributed by atoms with Gasteiger partial charge in [-0.15, -0.1) is 0 Å². The van der Waals surface area contributed by atoms with Crippen molar-refractivity contribution in [2.45, 2.75) is 39.2 Å². The van der Waals surface area contributed by atoms with Gasteiger partial charge < -0.3 is 9.64 Å². The normalized spacial score (nSPS) is 15.0. The van der Waals surface area contributed by atoms with Crippen LogP contribution in [0.1, 0.15) is 53.3 Å². The van der Waals surface area contributed by atoms with Crippen molar-refractivity contribution in [1.29, 1.82) is 0 Å². The molecule has 4 rings (SSSR count). The molecule has 0 spiro atoms. The third kappa shape index (κ3) is 4.12. The molecule has 150 valence electrons. The summed E-state index contributed by atoms with van der Waals surface area (Å²) >= 11 is 0. The third-order valence-electron chi connectivity index (χ3n) is 5.53. The molecule has 0 unspecified atom stereocenters. The van der Waals surface area contributed by atoms with Gasteiger partial charge in [-0.25, -0.2) is 9.97 Å². The summed E-state index contributed by atoms with van der Waals surface area (Å²) in [6.07, 6.45) is 5.36. The molecule has 29 heavy (non-hydrogen) atoms. The zero-order chi connectivity index (χ0) is 20.2. The Morgan fingerprint density at radius 3 is 2.76 bits per heavy atom. The minimum atomic E-state index is 0.00802. The van der Waals surface area contributed by atoms with Crippen LogP contribution in [0.2, 0.25) is 0 Å². The molecule has 1 aliphatic rings. The fourth-order valence-corrected chi connectivity index (χ4v) is 3.99. The zero-order valence-electron chi connectivity index (χ0n) is 17.0. The minimum absolute atomic E-state index is 0.00802. The number of nitrogens with zero attached hydrogens (tertiary/aromatic N) is 4. The van der Waals surface area contributed by atoms with Crippen LogP contribution < -0.4 is 0 Å². The first kappa shape index (κ1) is 19.5. The minimum Gasteiger partial charge on any atom is -0.377 e. The van der Waals surface area contributed by atoms with Gasteiger partial charge in [-0.05, 0) is 38.1 Å². The average molecular weight is 390 g/mol. The SMILES string of the molecule is CCOCc1cnc(C)nc1C1CCN(C(=O)c2nccc3ccccc23)CC1. The highest BCUT2D eigenvalue weighted by atomic mass is 16.5. The lowest BCUT2D eigenvalue weighted by molar-refractivity contribution is 0.0707. The Morgan fingerprint density at radius 2 is 1.97 bits per heavy atom. The van der Waals surface area contributed by atoms with Gasteiger partial charge in [0.15, 0.2) is 0 Å². The van der Waals surface area contributed by atoms with E-state index in [1.54, 1.807) is 6.20 Å². The van der Waals surface area contributed by atoms with E-state index in [2.05, 4.69) is 9.97 Å². The first-order valence-electron chi connectivity index (χ1n) is 10.2. The highest BCUT2D eigenvalue weighted by Gasteiger charge is 2.28. The summed E-state index contributed by atoms with van der Waals surface area (Å²) in [5.74, 6) is 1.10. The average Bonchev–Trinajstić information content (AvgIpc) is 2.77. The van der Waals surface area contributed by atoms with E-state index in [-0.39, 0.29) is 5.91 Å². The quantitative estimate of drug-likeness (QED) is 0.661. The summed E-state index contributed by atoms with van der Waals surface area (Å²) in [4.78, 5) is 28.5. The zero-order valence-corrected chi connectivity index (χ0v) is 17.0. The molecule has 3 aromatic rings. The summed E-state index contributed by atoms with van der Waals surface area (Å²) in [7, 11) is 0. The number of carbonyl (C=O) groups excluding carboxylic acids is 1. The predicted molar refractivity (Wildman–Crippen MR) is 112 cm³/mol. The van der Waals surface area contributed by atoms with Gasteiger partial charge in [-0.2, -0.15) is 0 Å². The third-order valence-corrected chi connectivity index (χ3v) is 5.53. The van der Waals surface area contributed by atoms with E-state index in [0.717, 1.165) is 40.7 Å². The number of piperidine rings is 1. The molecule has 6 heteroatoms. The van der Waals surface area contributed by atoms with Crippen molar-refractivity contribution < 1.29 is 9.53 Å². The van der Waals surface area contributed by atoms with Crippen LogP contribution in [0.4, 0.5) is 0 Å². The molecule has 0 N–H and O–H groups in total. The van der Waals surface area contributed by atoms with Crippen LogP contribution in [-0.2, 0) is 11.3 Å². The number of amides is 1. The predicted octanol–water partition coefficient (Wildman–Crippen LogP) is 3.89. The summed E-state index contributed by atoms with van der Waals surface area (Å²) in [5, 5.41) is 1.95. The summed E-state index contributed by atoms with van der Waals surface area (Å²) in [6.45, 7) is 6.50. The van der Waals surface area contributed by atoms with Gasteiger partial charge in [-0.1, -0.05) is 24.3 Å². The number of aryl methyl sites for hydroxylation is 1. The molecule has 6 nitrogen and oxygen atoms in total. The van der Waals surface area contributed by atoms with Crippen LogP contribution in [0.5, 0.6) is 0 Å². The summed E-state index contributed by atoms with van der Waals surface area (Å²) < 4.78 is 5.60. The number of likely N-dealkylation sites (tertiary alicyclic amines) is 1. The van der Waals surface area contributed by atoms with Gasteiger partial charge in [0.25, 0.3) is 5.91 Å². The van der Waals surface area contributed by atoms with E-state index in [1.807, 2.05) is 55.3 Å². The largest absolute Gasteiger partial charge is 0.377 e. The lowest BCUT2D eigenvalue weighted by atomic mass is 9.90. The maximum atomic E-state index is 13.1. The molecular formula is C23H26N4O2. The maximum absolute atomic E-state index is 13.1. The number of hydrogen-bond donors (Lipinski definition) is 0. The molecule has 1 aromatic carbocycles. The second-order valence-electron chi connectivity index (χ2n) is 7.41.